The lowest BCUT2D eigenvalue weighted by Crippen LogP contribution is -2.43. The summed E-state index contributed by atoms with van der Waals surface area (Å²) in [6.45, 7) is 0.848. The van der Waals surface area contributed by atoms with Gasteiger partial charge >= 0.3 is 0 Å². The van der Waals surface area contributed by atoms with Crippen molar-refractivity contribution in [3.05, 3.63) is 163 Å². The first-order valence-electron chi connectivity index (χ1n) is 13.4. The van der Waals surface area contributed by atoms with Gasteiger partial charge in [-0.2, -0.15) is 5.10 Å². The number of aromatic nitrogens is 2. The summed E-state index contributed by atoms with van der Waals surface area (Å²) in [5.74, 6) is 1.39. The lowest BCUT2D eigenvalue weighted by Gasteiger charge is -2.36. The number of rotatable bonds is 6. The lowest BCUT2D eigenvalue weighted by atomic mass is 9.77. The van der Waals surface area contributed by atoms with E-state index in [0.29, 0.717) is 33.8 Å². The number of hydrogen-bond donors (Lipinski definition) is 1. The van der Waals surface area contributed by atoms with Crippen molar-refractivity contribution in [2.24, 2.45) is 4.99 Å². The maximum absolute atomic E-state index is 6.64. The predicted octanol–water partition coefficient (Wildman–Crippen LogP) is 6.32. The number of hydrogen-bond acceptors (Lipinski definition) is 5. The van der Waals surface area contributed by atoms with Crippen LogP contribution in [0, 0.1) is 0 Å². The highest BCUT2D eigenvalue weighted by molar-refractivity contribution is 9.10. The highest BCUT2D eigenvalue weighted by Gasteiger charge is 2.39. The topological polar surface area (TPSA) is 54.7 Å². The second-order valence-electron chi connectivity index (χ2n) is 10.0. The van der Waals surface area contributed by atoms with E-state index in [-0.39, 0.29) is 5.22 Å². The number of ether oxygens (including phenoxy) is 1. The summed E-state index contributed by atoms with van der Waals surface area (Å²) < 4.78 is 8.75. The third-order valence-corrected chi connectivity index (χ3v) is 8.95. The molecule has 0 spiro atoms. The average Bonchev–Trinajstić information content (AvgIpc) is 3.44. The van der Waals surface area contributed by atoms with Crippen molar-refractivity contribution in [3.63, 3.8) is 0 Å². The molecule has 0 unspecified atom stereocenters. The highest BCUT2D eigenvalue weighted by atomic mass is 79.9. The molecule has 0 aliphatic carbocycles. The van der Waals surface area contributed by atoms with Gasteiger partial charge in [-0.3, -0.25) is 9.67 Å². The number of nitrogens with one attached hydrogen (secondary N) is 1. The first-order chi connectivity index (χ1) is 20.6. The van der Waals surface area contributed by atoms with Gasteiger partial charge < -0.3 is 15.0 Å². The molecule has 0 amide bonds. The minimum atomic E-state index is -0.702. The van der Waals surface area contributed by atoms with Crippen LogP contribution in [-0.4, -0.2) is 21.3 Å². The Labute approximate surface area is 261 Å². The normalized spacial score (nSPS) is 14.2. The van der Waals surface area contributed by atoms with E-state index in [2.05, 4.69) is 110 Å². The van der Waals surface area contributed by atoms with Crippen LogP contribution in [-0.2, 0) is 12.1 Å². The molecule has 0 saturated carbocycles. The van der Waals surface area contributed by atoms with E-state index < -0.39 is 5.54 Å². The van der Waals surface area contributed by atoms with Crippen molar-refractivity contribution >= 4 is 45.0 Å². The van der Waals surface area contributed by atoms with E-state index in [0.717, 1.165) is 33.3 Å². The SMILES string of the molecule is ClC1=CN(Cc2cnn(C(c3ccccc3)(c3ccccc3)c3ccccc3)c2)C2=c3c(cc(Br)c(Cl)c3=NCN2)O1. The molecule has 9 heteroatoms. The number of halogens is 3. The fraction of sp³-hybridized carbons (Fsp3) is 0.0909. The van der Waals surface area contributed by atoms with Gasteiger partial charge in [0.15, 0.2) is 0 Å². The standard InChI is InChI=1S/C33H24BrCl2N5O/c34-26-16-27-29-31(30(26)36)37-21-38-32(29)40(20-28(35)42-27)18-22-17-39-41(19-22)33(23-10-4-1-5-11-23,24-12-6-2-7-13-24)25-14-8-3-9-15-25/h1-17,19-20,38H,18,21H2. The van der Waals surface area contributed by atoms with Gasteiger partial charge in [0.2, 0.25) is 5.22 Å². The summed E-state index contributed by atoms with van der Waals surface area (Å²) in [5.41, 5.74) is 3.59. The van der Waals surface area contributed by atoms with E-state index in [4.69, 9.17) is 33.0 Å². The molecule has 2 aliphatic rings. The van der Waals surface area contributed by atoms with Crippen molar-refractivity contribution in [1.29, 1.82) is 0 Å². The highest BCUT2D eigenvalue weighted by Crippen LogP contribution is 2.40. The molecule has 0 atom stereocenters. The molecule has 0 saturated heterocycles. The van der Waals surface area contributed by atoms with E-state index in [1.54, 1.807) is 6.20 Å². The Bertz CT molecular complexity index is 1830. The van der Waals surface area contributed by atoms with E-state index >= 15 is 0 Å². The molecule has 0 fully saturated rings. The summed E-state index contributed by atoms with van der Waals surface area (Å²) in [5, 5.41) is 10.6. The third kappa shape index (κ3) is 4.49. The van der Waals surface area contributed by atoms with E-state index in [1.165, 1.54) is 0 Å². The van der Waals surface area contributed by atoms with Gasteiger partial charge in [-0.1, -0.05) is 103 Å². The Morgan fingerprint density at radius 2 is 1.48 bits per heavy atom. The zero-order valence-corrected chi connectivity index (χ0v) is 25.3. The van der Waals surface area contributed by atoms with Crippen LogP contribution in [0.4, 0.5) is 0 Å². The maximum Gasteiger partial charge on any atom is 0.210 e. The smallest absolute Gasteiger partial charge is 0.210 e. The Kier molecular flexibility index (Phi) is 7.02. The van der Waals surface area contributed by atoms with Crippen LogP contribution in [0.5, 0.6) is 5.75 Å². The van der Waals surface area contributed by atoms with Crippen LogP contribution in [0.25, 0.3) is 5.82 Å². The Balaban J connectivity index is 1.39. The molecule has 42 heavy (non-hydrogen) atoms. The zero-order valence-electron chi connectivity index (χ0n) is 22.2. The molecule has 1 aromatic heterocycles. The molecule has 208 valence electrons. The van der Waals surface area contributed by atoms with Crippen LogP contribution in [0.1, 0.15) is 22.3 Å². The van der Waals surface area contributed by atoms with Crippen LogP contribution < -0.4 is 20.6 Å². The van der Waals surface area contributed by atoms with Crippen LogP contribution in [0.3, 0.4) is 0 Å². The molecule has 0 radical (unpaired) electrons. The Hall–Kier alpha value is -4.04. The summed E-state index contributed by atoms with van der Waals surface area (Å²) in [6, 6.07) is 33.3. The second-order valence-corrected chi connectivity index (χ2v) is 11.6. The minimum Gasteiger partial charge on any atom is -0.443 e. The molecule has 7 rings (SSSR count). The second kappa shape index (κ2) is 11.0. The predicted molar refractivity (Wildman–Crippen MR) is 168 cm³/mol. The average molecular weight is 657 g/mol. The lowest BCUT2D eigenvalue weighted by molar-refractivity contribution is 0.436. The molecule has 1 N–H and O–H groups in total. The van der Waals surface area contributed by atoms with Crippen LogP contribution >= 0.6 is 39.1 Å². The Morgan fingerprint density at radius 1 is 0.881 bits per heavy atom. The first-order valence-corrected chi connectivity index (χ1v) is 14.9. The fourth-order valence-electron chi connectivity index (χ4n) is 5.77. The largest absolute Gasteiger partial charge is 0.443 e. The molecular weight excluding hydrogens is 633 g/mol. The zero-order chi connectivity index (χ0) is 28.7. The molecule has 0 bridgehead atoms. The first kappa shape index (κ1) is 26.8. The van der Waals surface area contributed by atoms with Crippen LogP contribution in [0.2, 0.25) is 5.02 Å². The summed E-state index contributed by atoms with van der Waals surface area (Å²) in [7, 11) is 0. The van der Waals surface area contributed by atoms with Gasteiger partial charge in [0, 0.05) is 16.2 Å². The van der Waals surface area contributed by atoms with Crippen molar-refractivity contribution < 1.29 is 4.74 Å². The molecule has 2 aliphatic heterocycles. The monoisotopic (exact) mass is 655 g/mol. The van der Waals surface area contributed by atoms with Crippen LogP contribution in [0.15, 0.2) is 130 Å². The third-order valence-electron chi connectivity index (χ3n) is 7.54. The van der Waals surface area contributed by atoms with Crippen molar-refractivity contribution in [2.75, 3.05) is 6.67 Å². The molecular formula is C33H24BrCl2N5O. The number of nitrogens with zero attached hydrogens (tertiary/aromatic N) is 4. The summed E-state index contributed by atoms with van der Waals surface area (Å²) in [4.78, 5) is 6.63. The molecule has 3 heterocycles. The molecule has 5 aromatic rings. The van der Waals surface area contributed by atoms with E-state index in [1.807, 2.05) is 35.4 Å². The quantitative estimate of drug-likeness (QED) is 0.218. The molecule has 4 aromatic carbocycles. The Morgan fingerprint density at radius 3 is 2.07 bits per heavy atom. The summed E-state index contributed by atoms with van der Waals surface area (Å²) in [6.07, 6.45) is 5.78. The minimum absolute atomic E-state index is 0.231. The van der Waals surface area contributed by atoms with Crippen molar-refractivity contribution in [3.8, 4) is 5.75 Å². The number of benzene rings is 4. The molecule has 6 nitrogen and oxygen atoms in total. The fourth-order valence-corrected chi connectivity index (χ4v) is 6.58. The van der Waals surface area contributed by atoms with Gasteiger partial charge in [-0.15, -0.1) is 0 Å². The van der Waals surface area contributed by atoms with Gasteiger partial charge in [0.05, 0.1) is 34.5 Å². The van der Waals surface area contributed by atoms with Gasteiger partial charge in [0.25, 0.3) is 0 Å². The van der Waals surface area contributed by atoms with Gasteiger partial charge in [-0.25, -0.2) is 0 Å². The van der Waals surface area contributed by atoms with Gasteiger partial charge in [0.1, 0.15) is 23.8 Å². The summed E-state index contributed by atoms with van der Waals surface area (Å²) >= 11 is 16.7. The van der Waals surface area contributed by atoms with Gasteiger partial charge in [-0.05, 0) is 50.3 Å². The van der Waals surface area contributed by atoms with E-state index in [9.17, 15) is 0 Å². The van der Waals surface area contributed by atoms with Crippen molar-refractivity contribution in [2.45, 2.75) is 12.1 Å². The maximum atomic E-state index is 6.64. The van der Waals surface area contributed by atoms with Crippen molar-refractivity contribution in [1.82, 2.24) is 20.0 Å².